The minimum absolute atomic E-state index is 0.237. The molecule has 0 bridgehead atoms. The fourth-order valence-corrected chi connectivity index (χ4v) is 3.13. The third-order valence-corrected chi connectivity index (χ3v) is 4.31. The number of hydrogen-bond donors (Lipinski definition) is 1. The van der Waals surface area contributed by atoms with E-state index in [0.29, 0.717) is 24.1 Å². The predicted octanol–water partition coefficient (Wildman–Crippen LogP) is 3.14. The first-order chi connectivity index (χ1) is 11.2. The Labute approximate surface area is 131 Å². The lowest BCUT2D eigenvalue weighted by Crippen LogP contribution is -2.39. The summed E-state index contributed by atoms with van der Waals surface area (Å²) in [5.41, 5.74) is 2.27. The van der Waals surface area contributed by atoms with Crippen LogP contribution >= 0.6 is 0 Å². The molecule has 5 nitrogen and oxygen atoms in total. The molecule has 0 spiro atoms. The van der Waals surface area contributed by atoms with E-state index in [9.17, 15) is 9.59 Å². The number of hydrogen-bond acceptors (Lipinski definition) is 4. The van der Waals surface area contributed by atoms with Crippen LogP contribution in [0.5, 0.6) is 0 Å². The normalized spacial score (nSPS) is 18.3. The number of imide groups is 1. The van der Waals surface area contributed by atoms with E-state index < -0.39 is 5.92 Å². The zero-order valence-electron chi connectivity index (χ0n) is 12.3. The number of amides is 2. The minimum atomic E-state index is -0.460. The molecule has 2 heterocycles. The van der Waals surface area contributed by atoms with Crippen LogP contribution in [0.25, 0.3) is 27.8 Å². The molecule has 1 saturated heterocycles. The standard InChI is InChI=1S/C18H14N2O3/c1-2-10-3-5-12-11(9-10)4-7-14-16(12)17(20-23-14)13-6-8-15(21)19-18(13)22/h2-5,7,9,13H,1,6,8H2,(H,19,21,22). The molecule has 1 N–H and O–H groups in total. The van der Waals surface area contributed by atoms with Crippen LogP contribution in [0.15, 0.2) is 41.4 Å². The molecule has 114 valence electrons. The van der Waals surface area contributed by atoms with Crippen molar-refractivity contribution in [3.63, 3.8) is 0 Å². The number of rotatable bonds is 2. The highest BCUT2D eigenvalue weighted by Gasteiger charge is 2.32. The van der Waals surface area contributed by atoms with Gasteiger partial charge in [0.15, 0.2) is 5.58 Å². The van der Waals surface area contributed by atoms with E-state index >= 15 is 0 Å². The van der Waals surface area contributed by atoms with Crippen molar-refractivity contribution in [3.8, 4) is 0 Å². The Morgan fingerprint density at radius 3 is 2.91 bits per heavy atom. The second kappa shape index (κ2) is 5.05. The summed E-state index contributed by atoms with van der Waals surface area (Å²) in [6.45, 7) is 3.78. The van der Waals surface area contributed by atoms with Crippen LogP contribution in [0.2, 0.25) is 0 Å². The smallest absolute Gasteiger partial charge is 0.235 e. The summed E-state index contributed by atoms with van der Waals surface area (Å²) >= 11 is 0. The highest BCUT2D eigenvalue weighted by atomic mass is 16.5. The number of nitrogens with one attached hydrogen (secondary N) is 1. The van der Waals surface area contributed by atoms with Crippen LogP contribution in [0.4, 0.5) is 0 Å². The lowest BCUT2D eigenvalue weighted by atomic mass is 9.91. The molecule has 3 aromatic rings. The van der Waals surface area contributed by atoms with Crippen molar-refractivity contribution in [2.45, 2.75) is 18.8 Å². The van der Waals surface area contributed by atoms with Gasteiger partial charge < -0.3 is 4.52 Å². The van der Waals surface area contributed by atoms with Crippen LogP contribution < -0.4 is 5.32 Å². The van der Waals surface area contributed by atoms with Crippen LogP contribution in [0.1, 0.15) is 30.0 Å². The average molecular weight is 306 g/mol. The molecular weight excluding hydrogens is 292 g/mol. The van der Waals surface area contributed by atoms with E-state index in [1.807, 2.05) is 30.3 Å². The van der Waals surface area contributed by atoms with Crippen LogP contribution in [0.3, 0.4) is 0 Å². The molecule has 5 heteroatoms. The zero-order chi connectivity index (χ0) is 16.0. The number of nitrogens with zero attached hydrogens (tertiary/aromatic N) is 1. The number of carbonyl (C=O) groups excluding carboxylic acids is 2. The molecule has 1 unspecified atom stereocenters. The van der Waals surface area contributed by atoms with Gasteiger partial charge in [0, 0.05) is 6.42 Å². The van der Waals surface area contributed by atoms with Crippen molar-refractivity contribution in [1.82, 2.24) is 10.5 Å². The highest BCUT2D eigenvalue weighted by Crippen LogP contribution is 2.35. The minimum Gasteiger partial charge on any atom is -0.356 e. The Morgan fingerprint density at radius 2 is 2.13 bits per heavy atom. The van der Waals surface area contributed by atoms with Gasteiger partial charge in [-0.2, -0.15) is 0 Å². The van der Waals surface area contributed by atoms with Crippen LogP contribution in [-0.2, 0) is 9.59 Å². The van der Waals surface area contributed by atoms with Gasteiger partial charge in [-0.05, 0) is 34.9 Å². The van der Waals surface area contributed by atoms with Crippen molar-refractivity contribution >= 4 is 39.6 Å². The molecule has 0 aliphatic carbocycles. The van der Waals surface area contributed by atoms with E-state index in [0.717, 1.165) is 21.7 Å². The lowest BCUT2D eigenvalue weighted by molar-refractivity contribution is -0.134. The van der Waals surface area contributed by atoms with E-state index in [1.165, 1.54) is 0 Å². The van der Waals surface area contributed by atoms with Crippen molar-refractivity contribution < 1.29 is 14.1 Å². The van der Waals surface area contributed by atoms with Gasteiger partial charge in [-0.3, -0.25) is 14.9 Å². The van der Waals surface area contributed by atoms with Crippen molar-refractivity contribution in [2.24, 2.45) is 0 Å². The fourth-order valence-electron chi connectivity index (χ4n) is 3.13. The quantitative estimate of drug-likeness (QED) is 0.738. The van der Waals surface area contributed by atoms with Crippen LogP contribution in [-0.4, -0.2) is 17.0 Å². The van der Waals surface area contributed by atoms with Crippen molar-refractivity contribution in [1.29, 1.82) is 0 Å². The van der Waals surface area contributed by atoms with E-state index in [4.69, 9.17) is 4.52 Å². The first-order valence-electron chi connectivity index (χ1n) is 7.45. The SMILES string of the molecule is C=Cc1ccc2c(ccc3onc(C4CCC(=O)NC4=O)c32)c1. The summed E-state index contributed by atoms with van der Waals surface area (Å²) in [5, 5.41) is 9.35. The molecule has 2 amide bonds. The predicted molar refractivity (Wildman–Crippen MR) is 86.7 cm³/mol. The Kier molecular flexibility index (Phi) is 3.01. The topological polar surface area (TPSA) is 72.2 Å². The van der Waals surface area contributed by atoms with Gasteiger partial charge in [-0.15, -0.1) is 0 Å². The number of carbonyl (C=O) groups is 2. The second-order valence-electron chi connectivity index (χ2n) is 5.69. The number of fused-ring (bicyclic) bond motifs is 3. The summed E-state index contributed by atoms with van der Waals surface area (Å²) in [6, 6.07) is 9.80. The summed E-state index contributed by atoms with van der Waals surface area (Å²) in [7, 11) is 0. The van der Waals surface area contributed by atoms with Gasteiger partial charge in [0.25, 0.3) is 0 Å². The maximum absolute atomic E-state index is 12.2. The van der Waals surface area contributed by atoms with Gasteiger partial charge in [-0.25, -0.2) is 0 Å². The van der Waals surface area contributed by atoms with Gasteiger partial charge in [0.1, 0.15) is 5.69 Å². The van der Waals surface area contributed by atoms with Crippen molar-refractivity contribution in [2.75, 3.05) is 0 Å². The Bertz CT molecular complexity index is 971. The van der Waals surface area contributed by atoms with Crippen LogP contribution in [0, 0.1) is 0 Å². The molecule has 1 aromatic heterocycles. The molecule has 1 aliphatic heterocycles. The molecule has 0 saturated carbocycles. The van der Waals surface area contributed by atoms with Gasteiger partial charge in [0.2, 0.25) is 11.8 Å². The van der Waals surface area contributed by atoms with E-state index in [2.05, 4.69) is 17.1 Å². The maximum atomic E-state index is 12.2. The zero-order valence-corrected chi connectivity index (χ0v) is 12.3. The first kappa shape index (κ1) is 13.7. The second-order valence-corrected chi connectivity index (χ2v) is 5.69. The fraction of sp³-hybridized carbons (Fsp3) is 0.167. The van der Waals surface area contributed by atoms with Crippen molar-refractivity contribution in [3.05, 3.63) is 48.2 Å². The molecule has 2 aromatic carbocycles. The molecule has 0 radical (unpaired) electrons. The average Bonchev–Trinajstić information content (AvgIpc) is 2.98. The van der Waals surface area contributed by atoms with Gasteiger partial charge in [0.05, 0.1) is 11.3 Å². The first-order valence-corrected chi connectivity index (χ1v) is 7.45. The Hall–Kier alpha value is -2.95. The number of piperidine rings is 1. The third-order valence-electron chi connectivity index (χ3n) is 4.31. The molecule has 1 fully saturated rings. The molecule has 4 rings (SSSR count). The van der Waals surface area contributed by atoms with Gasteiger partial charge >= 0.3 is 0 Å². The third kappa shape index (κ3) is 2.12. The molecule has 23 heavy (non-hydrogen) atoms. The maximum Gasteiger partial charge on any atom is 0.235 e. The number of benzene rings is 2. The molecule has 1 atom stereocenters. The largest absolute Gasteiger partial charge is 0.356 e. The Balaban J connectivity index is 1.94. The van der Waals surface area contributed by atoms with E-state index in [1.54, 1.807) is 6.08 Å². The number of aromatic nitrogens is 1. The summed E-state index contributed by atoms with van der Waals surface area (Å²) < 4.78 is 5.41. The monoisotopic (exact) mass is 306 g/mol. The van der Waals surface area contributed by atoms with E-state index in [-0.39, 0.29) is 11.8 Å². The summed E-state index contributed by atoms with van der Waals surface area (Å²) in [5.74, 6) is -1.01. The summed E-state index contributed by atoms with van der Waals surface area (Å²) in [4.78, 5) is 23.5. The molecular formula is C18H14N2O3. The molecule has 1 aliphatic rings. The lowest BCUT2D eigenvalue weighted by Gasteiger charge is -2.19. The summed E-state index contributed by atoms with van der Waals surface area (Å²) in [6.07, 6.45) is 2.56. The Morgan fingerprint density at radius 1 is 1.26 bits per heavy atom. The highest BCUT2D eigenvalue weighted by molar-refractivity contribution is 6.10. The van der Waals surface area contributed by atoms with Gasteiger partial charge in [-0.1, -0.05) is 36.0 Å².